The Kier molecular flexibility index (Phi) is 7.52. The Morgan fingerprint density at radius 3 is 2.71 bits per heavy atom. The minimum atomic E-state index is -0.634. The number of piperidine rings is 1. The number of aromatic nitrogens is 1. The second-order valence-corrected chi connectivity index (χ2v) is 10.0. The molecule has 0 aliphatic carbocycles. The van der Waals surface area contributed by atoms with Gasteiger partial charge < -0.3 is 15.5 Å². The summed E-state index contributed by atoms with van der Waals surface area (Å²) in [4.78, 5) is 55.2. The molecule has 4 heterocycles. The monoisotopic (exact) mass is 513 g/mol. The lowest BCUT2D eigenvalue weighted by Crippen LogP contribution is -2.66. The third-order valence-electron chi connectivity index (χ3n) is 7.40. The van der Waals surface area contributed by atoms with Crippen LogP contribution < -0.4 is 16.0 Å². The smallest absolute Gasteiger partial charge is 0.255 e. The molecule has 4 amide bonds. The van der Waals surface area contributed by atoms with E-state index in [1.807, 2.05) is 30.3 Å². The Hall–Kier alpha value is -4.03. The van der Waals surface area contributed by atoms with E-state index in [1.165, 1.54) is 0 Å². The third kappa shape index (κ3) is 5.31. The topological polar surface area (TPSA) is 120 Å². The van der Waals surface area contributed by atoms with Gasteiger partial charge in [0.1, 0.15) is 11.6 Å². The summed E-state index contributed by atoms with van der Waals surface area (Å²) in [5.41, 5.74) is 2.67. The summed E-state index contributed by atoms with van der Waals surface area (Å²) in [6, 6.07) is 10.6. The van der Waals surface area contributed by atoms with Gasteiger partial charge in [-0.1, -0.05) is 30.4 Å². The Morgan fingerprint density at radius 2 is 1.97 bits per heavy atom. The summed E-state index contributed by atoms with van der Waals surface area (Å²) >= 11 is 0. The molecular weight excluding hydrogens is 482 g/mol. The van der Waals surface area contributed by atoms with Gasteiger partial charge >= 0.3 is 0 Å². The molecule has 3 aliphatic heterocycles. The number of carbonyl (C=O) groups is 4. The molecule has 2 aromatic rings. The summed E-state index contributed by atoms with van der Waals surface area (Å²) < 4.78 is 0. The summed E-state index contributed by atoms with van der Waals surface area (Å²) in [6.07, 6.45) is 6.03. The molecule has 1 unspecified atom stereocenters. The minimum Gasteiger partial charge on any atom is -0.342 e. The van der Waals surface area contributed by atoms with Gasteiger partial charge in [-0.2, -0.15) is 0 Å². The number of pyridine rings is 1. The number of nitrogens with one attached hydrogen (secondary N) is 3. The number of amides is 4. The Labute approximate surface area is 221 Å². The predicted octanol–water partition coefficient (Wildman–Crippen LogP) is 1.76. The van der Waals surface area contributed by atoms with E-state index >= 15 is 0 Å². The maximum absolute atomic E-state index is 12.9. The number of carbonyl (C=O) groups excluding carboxylic acids is 4. The first-order valence-electron chi connectivity index (χ1n) is 13.2. The van der Waals surface area contributed by atoms with Crippen molar-refractivity contribution in [2.24, 2.45) is 0 Å². The van der Waals surface area contributed by atoms with Crippen LogP contribution >= 0.6 is 0 Å². The first kappa shape index (κ1) is 25.6. The van der Waals surface area contributed by atoms with E-state index in [-0.39, 0.29) is 24.1 Å². The van der Waals surface area contributed by atoms with Crippen LogP contribution in [0.25, 0.3) is 0 Å². The van der Waals surface area contributed by atoms with Gasteiger partial charge in [-0.05, 0) is 49.1 Å². The van der Waals surface area contributed by atoms with Crippen molar-refractivity contribution in [2.45, 2.75) is 63.1 Å². The van der Waals surface area contributed by atoms with Crippen LogP contribution in [-0.2, 0) is 26.5 Å². The summed E-state index contributed by atoms with van der Waals surface area (Å²) in [7, 11) is 0. The summed E-state index contributed by atoms with van der Waals surface area (Å²) in [6.45, 7) is 1.69. The number of nitrogens with zero attached hydrogens (tertiary/aromatic N) is 2. The minimum absolute atomic E-state index is 0.0355. The van der Waals surface area contributed by atoms with Crippen LogP contribution in [0.1, 0.15) is 72.1 Å². The molecule has 1 aromatic heterocycles. The maximum Gasteiger partial charge on any atom is 0.255 e. The number of unbranched alkanes of at least 4 members (excludes halogenated alkanes) is 3. The highest BCUT2D eigenvalue weighted by molar-refractivity contribution is 6.05. The zero-order valence-electron chi connectivity index (χ0n) is 21.2. The molecule has 1 aromatic carbocycles. The van der Waals surface area contributed by atoms with E-state index in [1.54, 1.807) is 17.2 Å². The standard InChI is InChI=1S/C29H31N5O4/c35-25-15-14-23(27(37)32-25)34-17-22-20(10-8-11-21(22)28(34)38)9-4-2-1-3-5-13-26(36)33-29(18-30-19-29)24-12-6-7-16-31-24/h6-8,10-12,16,23,30H,1-3,5,13-15,17-19H2,(H,33,36)(H,32,35,37). The van der Waals surface area contributed by atoms with Crippen molar-refractivity contribution in [1.29, 1.82) is 0 Å². The molecule has 2 fully saturated rings. The predicted molar refractivity (Wildman–Crippen MR) is 139 cm³/mol. The quantitative estimate of drug-likeness (QED) is 0.281. The van der Waals surface area contributed by atoms with Crippen molar-refractivity contribution in [3.05, 3.63) is 65.0 Å². The molecule has 9 nitrogen and oxygen atoms in total. The Bertz CT molecular complexity index is 1310. The Balaban J connectivity index is 1.08. The lowest BCUT2D eigenvalue weighted by molar-refractivity contribution is -0.137. The molecule has 3 aliphatic rings. The van der Waals surface area contributed by atoms with Crippen molar-refractivity contribution >= 4 is 23.6 Å². The second kappa shape index (κ2) is 11.2. The van der Waals surface area contributed by atoms with E-state index in [2.05, 4.69) is 32.8 Å². The normalized spacial score (nSPS) is 19.6. The van der Waals surface area contributed by atoms with Crippen molar-refractivity contribution in [3.8, 4) is 11.8 Å². The Morgan fingerprint density at radius 1 is 1.11 bits per heavy atom. The molecule has 0 saturated carbocycles. The van der Waals surface area contributed by atoms with E-state index in [0.29, 0.717) is 44.5 Å². The first-order valence-corrected chi connectivity index (χ1v) is 13.2. The van der Waals surface area contributed by atoms with Gasteiger partial charge in [0.05, 0.1) is 5.69 Å². The fraction of sp³-hybridized carbons (Fsp3) is 0.414. The zero-order chi connectivity index (χ0) is 26.5. The summed E-state index contributed by atoms with van der Waals surface area (Å²) in [5.74, 6) is 5.52. The van der Waals surface area contributed by atoms with E-state index in [4.69, 9.17) is 0 Å². The highest BCUT2D eigenvalue weighted by Crippen LogP contribution is 2.29. The third-order valence-corrected chi connectivity index (χ3v) is 7.40. The van der Waals surface area contributed by atoms with Gasteiger partial charge in [-0.25, -0.2) is 0 Å². The van der Waals surface area contributed by atoms with Crippen LogP contribution in [0.2, 0.25) is 0 Å². The molecule has 0 bridgehead atoms. The SMILES string of the molecule is O=C1CCC(N2Cc3c(C#CCCCCCC(=O)NC4(c5ccccn5)CNC4)cccc3C2=O)C(=O)N1. The molecule has 38 heavy (non-hydrogen) atoms. The number of fused-ring (bicyclic) bond motifs is 1. The van der Waals surface area contributed by atoms with Crippen LogP contribution in [0.3, 0.4) is 0 Å². The number of imide groups is 1. The van der Waals surface area contributed by atoms with E-state index in [9.17, 15) is 19.2 Å². The van der Waals surface area contributed by atoms with Gasteiger partial charge in [-0.15, -0.1) is 0 Å². The molecule has 3 N–H and O–H groups in total. The number of hydrogen-bond acceptors (Lipinski definition) is 6. The highest BCUT2D eigenvalue weighted by atomic mass is 16.2. The van der Waals surface area contributed by atoms with Gasteiger partial charge in [0.15, 0.2) is 0 Å². The highest BCUT2D eigenvalue weighted by Gasteiger charge is 2.41. The first-order chi connectivity index (χ1) is 18.5. The van der Waals surface area contributed by atoms with Gasteiger partial charge in [0, 0.05) is 56.2 Å². The van der Waals surface area contributed by atoms with Crippen LogP contribution in [-0.4, -0.2) is 52.6 Å². The molecule has 2 saturated heterocycles. The summed E-state index contributed by atoms with van der Waals surface area (Å²) in [5, 5.41) is 8.72. The van der Waals surface area contributed by atoms with E-state index < -0.39 is 17.5 Å². The average Bonchev–Trinajstić information content (AvgIpc) is 3.23. The molecular formula is C29H31N5O4. The molecule has 0 radical (unpaired) electrons. The zero-order valence-corrected chi connectivity index (χ0v) is 21.2. The molecule has 9 heteroatoms. The van der Waals surface area contributed by atoms with Gasteiger partial charge in [-0.3, -0.25) is 29.5 Å². The largest absolute Gasteiger partial charge is 0.342 e. The van der Waals surface area contributed by atoms with Gasteiger partial charge in [0.2, 0.25) is 17.7 Å². The van der Waals surface area contributed by atoms with Crippen LogP contribution in [0.5, 0.6) is 0 Å². The number of benzene rings is 1. The number of rotatable bonds is 8. The van der Waals surface area contributed by atoms with Crippen molar-refractivity contribution < 1.29 is 19.2 Å². The lowest BCUT2D eigenvalue weighted by Gasteiger charge is -2.42. The molecule has 196 valence electrons. The number of hydrogen-bond donors (Lipinski definition) is 3. The second-order valence-electron chi connectivity index (χ2n) is 10.0. The van der Waals surface area contributed by atoms with Crippen LogP contribution in [0.4, 0.5) is 0 Å². The van der Waals surface area contributed by atoms with Crippen LogP contribution in [0.15, 0.2) is 42.6 Å². The lowest BCUT2D eigenvalue weighted by atomic mass is 9.87. The fourth-order valence-corrected chi connectivity index (χ4v) is 5.22. The molecule has 1 atom stereocenters. The van der Waals surface area contributed by atoms with E-state index in [0.717, 1.165) is 36.1 Å². The van der Waals surface area contributed by atoms with Gasteiger partial charge in [0.25, 0.3) is 5.91 Å². The fourth-order valence-electron chi connectivity index (χ4n) is 5.22. The molecule has 5 rings (SSSR count). The van der Waals surface area contributed by atoms with Crippen molar-refractivity contribution in [2.75, 3.05) is 13.1 Å². The average molecular weight is 514 g/mol. The van der Waals surface area contributed by atoms with Crippen molar-refractivity contribution in [1.82, 2.24) is 25.8 Å². The molecule has 0 spiro atoms. The van der Waals surface area contributed by atoms with Crippen LogP contribution in [0, 0.1) is 11.8 Å². The van der Waals surface area contributed by atoms with Crippen molar-refractivity contribution in [3.63, 3.8) is 0 Å². The maximum atomic E-state index is 12.9.